The molecule has 1 saturated heterocycles. The molecule has 0 radical (unpaired) electrons. The van der Waals surface area contributed by atoms with E-state index in [0.29, 0.717) is 0 Å². The van der Waals surface area contributed by atoms with E-state index in [1.165, 1.54) is 124 Å². The average molecular weight is 1480 g/mol. The predicted molar refractivity (Wildman–Crippen MR) is 467 cm³/mol. The summed E-state index contributed by atoms with van der Waals surface area (Å²) in [6.45, 7) is 83.5. The number of aryl methyl sites for hydroxylation is 2. The molecule has 23 heteroatoms. The number of piperidine rings is 1. The number of aliphatic hydroxyl groups excluding tert-OH is 1. The van der Waals surface area contributed by atoms with Gasteiger partial charge in [-0.2, -0.15) is 0 Å². The molecular weight excluding hydrogens is 1280 g/mol. The molecule has 2 aromatic rings. The summed E-state index contributed by atoms with van der Waals surface area (Å²) in [5.74, 6) is 2.88. The molecule has 3 rings (SSSR count). The number of nitrogens with two attached hydrogens (primary N) is 7. The van der Waals surface area contributed by atoms with Gasteiger partial charge >= 0.3 is 0 Å². The predicted octanol–water partition coefficient (Wildman–Crippen LogP) is 17.3. The molecule has 0 atom stereocenters. The Labute approximate surface area is 635 Å². The van der Waals surface area contributed by atoms with Gasteiger partial charge in [0.05, 0.1) is 0 Å². The lowest BCUT2D eigenvalue weighted by molar-refractivity contribution is -0.129. The van der Waals surface area contributed by atoms with E-state index in [-0.39, 0.29) is 31.9 Å². The van der Waals surface area contributed by atoms with Crippen LogP contribution in [-0.4, -0.2) is 152 Å². The molecule has 1 heterocycles. The number of unbranched alkanes of at least 4 members (excludes halogenated alkanes) is 2. The van der Waals surface area contributed by atoms with E-state index in [2.05, 4.69) is 192 Å². The van der Waals surface area contributed by atoms with Crippen molar-refractivity contribution in [2.24, 2.45) is 57.9 Å². The van der Waals surface area contributed by atoms with Crippen LogP contribution in [-0.2, 0) is 65.6 Å². The van der Waals surface area contributed by atoms with Crippen molar-refractivity contribution in [3.05, 3.63) is 83.9 Å². The molecule has 634 valence electrons. The van der Waals surface area contributed by atoms with Crippen molar-refractivity contribution in [2.75, 3.05) is 62.4 Å². The van der Waals surface area contributed by atoms with Gasteiger partial charge in [0.1, 0.15) is 67.9 Å². The van der Waals surface area contributed by atoms with E-state index in [1.807, 2.05) is 161 Å². The topological polar surface area (TPSA) is 498 Å². The maximum absolute atomic E-state index is 10.7. The fourth-order valence-corrected chi connectivity index (χ4v) is 2.99. The number of allylic oxidation sites excluding steroid dienone is 1. The summed E-state index contributed by atoms with van der Waals surface area (Å²) in [5, 5.41) is 8.06. The molecule has 2 aromatic carbocycles. The second-order valence-corrected chi connectivity index (χ2v) is 15.4. The van der Waals surface area contributed by atoms with Gasteiger partial charge in [-0.1, -0.05) is 271 Å². The van der Waals surface area contributed by atoms with Crippen molar-refractivity contribution in [1.29, 1.82) is 0 Å². The van der Waals surface area contributed by atoms with Gasteiger partial charge in [-0.3, -0.25) is 4.79 Å². The lowest BCUT2D eigenvalue weighted by Gasteiger charge is -2.24. The van der Waals surface area contributed by atoms with Crippen LogP contribution < -0.4 is 58.6 Å². The molecule has 0 spiro atoms. The van der Waals surface area contributed by atoms with Gasteiger partial charge in [-0.15, -0.1) is 6.58 Å². The van der Waals surface area contributed by atoms with Crippen molar-refractivity contribution in [3.63, 3.8) is 0 Å². The molecule has 101 heavy (non-hydrogen) atoms. The van der Waals surface area contributed by atoms with Crippen LogP contribution in [0.5, 0.6) is 0 Å². The number of likely N-dealkylation sites (tertiary alicyclic amines) is 1. The van der Waals surface area contributed by atoms with Crippen molar-refractivity contribution < 1.29 is 59.3 Å². The van der Waals surface area contributed by atoms with E-state index >= 15 is 0 Å². The van der Waals surface area contributed by atoms with Gasteiger partial charge in [0, 0.05) is 27.5 Å². The summed E-state index contributed by atoms with van der Waals surface area (Å²) in [6, 6.07) is 20.9. The van der Waals surface area contributed by atoms with Crippen LogP contribution in [0.1, 0.15) is 271 Å². The molecular formula is C78H195N11O12. The van der Waals surface area contributed by atoms with Gasteiger partial charge in [0.2, 0.25) is 5.91 Å². The normalized spacial score (nSPS) is 6.90. The number of carbonyl (C=O) groups excluding carboxylic acids is 11. The zero-order chi connectivity index (χ0) is 87.2. The van der Waals surface area contributed by atoms with Crippen LogP contribution in [0.3, 0.4) is 0 Å². The Morgan fingerprint density at radius 3 is 0.574 bits per heavy atom. The van der Waals surface area contributed by atoms with E-state index < -0.39 is 0 Å². The summed E-state index contributed by atoms with van der Waals surface area (Å²) in [5.41, 5.74) is 35.6. The van der Waals surface area contributed by atoms with E-state index in [9.17, 15) is 4.79 Å². The molecule has 1 aliphatic rings. The SMILES string of the molecule is C=C(C)CC.C=O.C=O.C=O.C=O.C=O.C=O.C=O.C=O.C=O.C=O.CC.CC.CC.CC.CC.CC(=O)N1CCCCC1.CC(C)O.CCC(C)C.CCC(C)C.CCC(C)C.CCCCC.CCc1ccccc1.CCc1ccccc1.CN.CN.CN.CN.CN.CN.CN.N.N.N.[HH]. The average Bonchev–Trinajstić information content (AvgIpc) is 1.13. The highest BCUT2D eigenvalue weighted by molar-refractivity contribution is 5.73. The second-order valence-electron chi connectivity index (χ2n) is 15.4. The Morgan fingerprint density at radius 1 is 0.376 bits per heavy atom. The first-order valence-electron chi connectivity index (χ1n) is 34.0. The number of aliphatic hydroxyl groups is 1. The van der Waals surface area contributed by atoms with Crippen molar-refractivity contribution >= 4 is 73.8 Å². The van der Waals surface area contributed by atoms with E-state index in [1.54, 1.807) is 20.8 Å². The summed E-state index contributed by atoms with van der Waals surface area (Å²) in [6.07, 6.45) is 14.9. The summed E-state index contributed by atoms with van der Waals surface area (Å²) >= 11 is 0. The third-order valence-electron chi connectivity index (χ3n) is 8.06. The van der Waals surface area contributed by atoms with Crippen LogP contribution in [0.4, 0.5) is 0 Å². The molecule has 0 aromatic heterocycles. The van der Waals surface area contributed by atoms with Crippen LogP contribution in [0.2, 0.25) is 0 Å². The Kier molecular flexibility index (Phi) is 816. The third kappa shape index (κ3) is 615. The minimum atomic E-state index is -0.167. The van der Waals surface area contributed by atoms with Crippen LogP contribution >= 0.6 is 0 Å². The first-order chi connectivity index (χ1) is 47.4. The molecule has 0 aliphatic carbocycles. The molecule has 1 fully saturated rings. The first kappa shape index (κ1) is 205. The van der Waals surface area contributed by atoms with Gasteiger partial charge in [-0.05, 0) is 138 Å². The van der Waals surface area contributed by atoms with Crippen LogP contribution in [0.15, 0.2) is 72.8 Å². The third-order valence-corrected chi connectivity index (χ3v) is 8.06. The lowest BCUT2D eigenvalue weighted by Crippen LogP contribution is -2.33. The van der Waals surface area contributed by atoms with Crippen molar-refractivity contribution in [3.8, 4) is 0 Å². The quantitative estimate of drug-likeness (QED) is 0.109. The molecule has 0 saturated carbocycles. The van der Waals surface area contributed by atoms with Gasteiger partial charge < -0.3 is 117 Å². The Morgan fingerprint density at radius 2 is 0.515 bits per heavy atom. The second kappa shape index (κ2) is 402. The Balaban J connectivity index is -0.0000000169. The largest absolute Gasteiger partial charge is 0.394 e. The van der Waals surface area contributed by atoms with Crippen LogP contribution in [0.25, 0.3) is 0 Å². The molecule has 1 amide bonds. The number of carbonyl (C=O) groups is 11. The zero-order valence-corrected chi connectivity index (χ0v) is 74.3. The highest BCUT2D eigenvalue weighted by Crippen LogP contribution is 2.07. The minimum Gasteiger partial charge on any atom is -0.394 e. The van der Waals surface area contributed by atoms with E-state index in [4.69, 9.17) is 53.1 Å². The molecule has 0 bridgehead atoms. The highest BCUT2D eigenvalue weighted by Gasteiger charge is 2.11. The molecule has 0 unspecified atom stereocenters. The minimum absolute atomic E-state index is 0. The van der Waals surface area contributed by atoms with Gasteiger partial charge in [-0.25, -0.2) is 0 Å². The number of hydrogen-bond acceptors (Lipinski definition) is 22. The number of amides is 1. The van der Waals surface area contributed by atoms with Gasteiger partial charge in [0.15, 0.2) is 0 Å². The molecule has 1 aliphatic heterocycles. The van der Waals surface area contributed by atoms with E-state index in [0.717, 1.165) is 50.1 Å². The van der Waals surface area contributed by atoms with Crippen LogP contribution in [0, 0.1) is 17.8 Å². The zero-order valence-electron chi connectivity index (χ0n) is 74.3. The molecule has 23 nitrogen and oxygen atoms in total. The Hall–Kier alpha value is -6.09. The van der Waals surface area contributed by atoms with Gasteiger partial charge in [0.25, 0.3) is 0 Å². The van der Waals surface area contributed by atoms with Crippen molar-refractivity contribution in [2.45, 2.75) is 277 Å². The fraction of sp³-hybridized carbons (Fsp3) is 0.679. The highest BCUT2D eigenvalue weighted by atomic mass is 16.3. The Bertz CT molecular complexity index is 1080. The maximum Gasteiger partial charge on any atom is 0.219 e. The first-order valence-corrected chi connectivity index (χ1v) is 34.0. The number of benzene rings is 2. The molecule has 24 N–H and O–H groups in total. The number of nitrogens with zero attached hydrogens (tertiary/aromatic N) is 1. The smallest absolute Gasteiger partial charge is 0.219 e. The standard InChI is InChI=1S/2C8H10.C7H13NO.3C5H12.C5H10.C5H12.C3H8O.5C2H6.7CH5N.10CH2O.3H3N.H2/c2*1-2-8-6-4-3-5-7-8;1-7(9)8-5-3-2-4-6-8;4*1-4-5(2)3;1-3-5-4-2;1-3(2)4;22*1-2;;;;/h2*3-7H,2H2,1H3;2-6H2,1H3;3*5H,4H2,1-3H3;2,4H2,1,3H3;3-5H2,1-2H3;3-4H,1-2H3;5*1-2H3;7*2H2,1H3;10*1H2;3*1H3;1H. The number of rotatable bonds is 8. The number of hydrogen-bond donors (Lipinski definition) is 11. The fourth-order valence-electron chi connectivity index (χ4n) is 2.99. The summed E-state index contributed by atoms with van der Waals surface area (Å²) in [4.78, 5) is 92.6. The van der Waals surface area contributed by atoms with Crippen molar-refractivity contribution in [1.82, 2.24) is 23.4 Å². The monoisotopic (exact) mass is 1480 g/mol. The maximum atomic E-state index is 10.7. The summed E-state index contributed by atoms with van der Waals surface area (Å²) in [7, 11) is 10.5. The lowest BCUT2D eigenvalue weighted by atomic mass is 10.1. The summed E-state index contributed by atoms with van der Waals surface area (Å²) < 4.78 is 0.